The van der Waals surface area contributed by atoms with E-state index >= 15 is 0 Å². The van der Waals surface area contributed by atoms with Gasteiger partial charge in [0.25, 0.3) is 0 Å². The number of hydrogen-bond donors (Lipinski definition) is 2. The van der Waals surface area contributed by atoms with E-state index in [-0.39, 0.29) is 6.04 Å². The zero-order valence-electron chi connectivity index (χ0n) is 21.4. The predicted molar refractivity (Wildman–Crippen MR) is 144 cm³/mol. The Bertz CT molecular complexity index is 1090. The minimum absolute atomic E-state index is 0.0344. The normalized spacial score (nSPS) is 20.6. The van der Waals surface area contributed by atoms with E-state index in [0.717, 1.165) is 50.9 Å². The summed E-state index contributed by atoms with van der Waals surface area (Å²) in [6.45, 7) is 15.4. The Morgan fingerprint density at radius 1 is 1.18 bits per heavy atom. The number of piperidine rings is 2. The van der Waals surface area contributed by atoms with Gasteiger partial charge in [0, 0.05) is 29.7 Å². The molecule has 2 N–H and O–H groups in total. The van der Waals surface area contributed by atoms with Crippen molar-refractivity contribution < 1.29 is 4.79 Å². The molecule has 34 heavy (non-hydrogen) atoms. The number of benzene rings is 1. The second-order valence-electron chi connectivity index (χ2n) is 10.4. The fourth-order valence-electron chi connectivity index (χ4n) is 5.68. The predicted octanol–water partition coefficient (Wildman–Crippen LogP) is 6.68. The number of carbonyl (C=O) groups excluding carboxylic acids is 1. The molecule has 2 aliphatic heterocycles. The zero-order valence-corrected chi connectivity index (χ0v) is 21.4. The highest BCUT2D eigenvalue weighted by Crippen LogP contribution is 2.37. The molecule has 2 saturated heterocycles. The smallest absolute Gasteiger partial charge is 0.239 e. The summed E-state index contributed by atoms with van der Waals surface area (Å²) < 4.78 is 0. The molecule has 0 radical (unpaired) electrons. The van der Waals surface area contributed by atoms with E-state index in [1.54, 1.807) is 0 Å². The fourth-order valence-corrected chi connectivity index (χ4v) is 5.68. The maximum atomic E-state index is 12.9. The Morgan fingerprint density at radius 2 is 1.94 bits per heavy atom. The molecule has 1 atom stereocenters. The van der Waals surface area contributed by atoms with E-state index in [9.17, 15) is 4.79 Å². The molecule has 2 aliphatic rings. The largest absolute Gasteiger partial charge is 0.354 e. The van der Waals surface area contributed by atoms with Gasteiger partial charge in [0.15, 0.2) is 0 Å². The molecule has 4 rings (SSSR count). The minimum atomic E-state index is 0.0344. The van der Waals surface area contributed by atoms with E-state index in [4.69, 9.17) is 0 Å². The highest BCUT2D eigenvalue weighted by Gasteiger charge is 2.29. The summed E-state index contributed by atoms with van der Waals surface area (Å²) in [5.41, 5.74) is 7.39. The van der Waals surface area contributed by atoms with Crippen LogP contribution in [0, 0.1) is 0 Å². The molecule has 1 amide bonds. The number of aromatic amines is 1. The summed E-state index contributed by atoms with van der Waals surface area (Å²) in [4.78, 5) is 18.7. The first-order valence-corrected chi connectivity index (χ1v) is 13.1. The SMILES string of the molecule is C=C(C)/C=C(\C=CC)c1[nH]c2ccc(C3CCN(C(=O)[C@@H]4CCCCN4)CC3)cc2c1C(C)C. The van der Waals surface area contributed by atoms with Crippen molar-refractivity contribution in [3.8, 4) is 0 Å². The van der Waals surface area contributed by atoms with Crippen LogP contribution in [0.5, 0.6) is 0 Å². The van der Waals surface area contributed by atoms with Crippen LogP contribution in [0.1, 0.15) is 88.5 Å². The first-order valence-electron chi connectivity index (χ1n) is 13.1. The van der Waals surface area contributed by atoms with Gasteiger partial charge in [-0.15, -0.1) is 0 Å². The van der Waals surface area contributed by atoms with Gasteiger partial charge >= 0.3 is 0 Å². The van der Waals surface area contributed by atoms with E-state index in [1.807, 2.05) is 6.92 Å². The molecule has 0 spiro atoms. The van der Waals surface area contributed by atoms with Crippen LogP contribution in [0.3, 0.4) is 0 Å². The van der Waals surface area contributed by atoms with E-state index < -0.39 is 0 Å². The number of aromatic nitrogens is 1. The lowest BCUT2D eigenvalue weighted by Crippen LogP contribution is -2.50. The third-order valence-electron chi connectivity index (χ3n) is 7.36. The number of nitrogens with zero attached hydrogens (tertiary/aromatic N) is 1. The highest BCUT2D eigenvalue weighted by molar-refractivity contribution is 5.92. The summed E-state index contributed by atoms with van der Waals surface area (Å²) in [5.74, 6) is 1.22. The topological polar surface area (TPSA) is 48.1 Å². The van der Waals surface area contributed by atoms with Gasteiger partial charge < -0.3 is 15.2 Å². The number of likely N-dealkylation sites (tertiary alicyclic amines) is 1. The Labute approximate surface area is 205 Å². The van der Waals surface area contributed by atoms with E-state index in [2.05, 4.69) is 79.0 Å². The Balaban J connectivity index is 1.57. The van der Waals surface area contributed by atoms with Crippen LogP contribution < -0.4 is 5.32 Å². The lowest BCUT2D eigenvalue weighted by Gasteiger charge is -2.35. The third kappa shape index (κ3) is 5.22. The maximum absolute atomic E-state index is 12.9. The van der Waals surface area contributed by atoms with Gasteiger partial charge in [-0.2, -0.15) is 0 Å². The molecule has 1 aromatic heterocycles. The molecular formula is C30H41N3O. The summed E-state index contributed by atoms with van der Waals surface area (Å²) in [6, 6.07) is 6.98. The maximum Gasteiger partial charge on any atom is 0.239 e. The molecule has 0 saturated carbocycles. The average Bonchev–Trinajstić information content (AvgIpc) is 3.23. The minimum Gasteiger partial charge on any atom is -0.354 e. The number of nitrogens with one attached hydrogen (secondary N) is 2. The first kappa shape index (κ1) is 24.5. The Kier molecular flexibility index (Phi) is 7.77. The second kappa shape index (κ2) is 10.8. The summed E-state index contributed by atoms with van der Waals surface area (Å²) >= 11 is 0. The van der Waals surface area contributed by atoms with Crippen molar-refractivity contribution >= 4 is 22.4 Å². The zero-order chi connectivity index (χ0) is 24.2. The molecule has 1 aromatic carbocycles. The van der Waals surface area contributed by atoms with Gasteiger partial charge in [0.1, 0.15) is 0 Å². The number of hydrogen-bond acceptors (Lipinski definition) is 2. The number of H-pyrrole nitrogens is 1. The highest BCUT2D eigenvalue weighted by atomic mass is 16.2. The quantitative estimate of drug-likeness (QED) is 0.474. The van der Waals surface area contributed by atoms with Crippen LogP contribution in [0.25, 0.3) is 16.5 Å². The fraction of sp³-hybridized carbons (Fsp3) is 0.500. The van der Waals surface area contributed by atoms with Crippen LogP contribution in [0.4, 0.5) is 0 Å². The van der Waals surface area contributed by atoms with Gasteiger partial charge in [-0.3, -0.25) is 4.79 Å². The summed E-state index contributed by atoms with van der Waals surface area (Å²) in [7, 11) is 0. The van der Waals surface area contributed by atoms with Crippen molar-refractivity contribution in [3.05, 3.63) is 65.4 Å². The van der Waals surface area contributed by atoms with Crippen molar-refractivity contribution in [2.75, 3.05) is 19.6 Å². The van der Waals surface area contributed by atoms with Crippen LogP contribution in [-0.2, 0) is 4.79 Å². The van der Waals surface area contributed by atoms with Crippen LogP contribution >= 0.6 is 0 Å². The average molecular weight is 460 g/mol. The molecule has 4 heteroatoms. The number of rotatable bonds is 6. The molecule has 0 bridgehead atoms. The lowest BCUT2D eigenvalue weighted by molar-refractivity contribution is -0.135. The molecular weight excluding hydrogens is 418 g/mol. The van der Waals surface area contributed by atoms with Gasteiger partial charge in [-0.1, -0.05) is 56.7 Å². The molecule has 2 fully saturated rings. The van der Waals surface area contributed by atoms with Gasteiger partial charge in [-0.05, 0) is 86.7 Å². The summed E-state index contributed by atoms with van der Waals surface area (Å²) in [6.07, 6.45) is 11.8. The van der Waals surface area contributed by atoms with E-state index in [0.29, 0.717) is 17.7 Å². The van der Waals surface area contributed by atoms with Crippen molar-refractivity contribution in [1.29, 1.82) is 0 Å². The Morgan fingerprint density at radius 3 is 2.56 bits per heavy atom. The molecule has 2 aromatic rings. The lowest BCUT2D eigenvalue weighted by atomic mass is 9.87. The summed E-state index contributed by atoms with van der Waals surface area (Å²) in [5, 5.41) is 4.74. The van der Waals surface area contributed by atoms with Crippen molar-refractivity contribution in [3.63, 3.8) is 0 Å². The molecule has 3 heterocycles. The van der Waals surface area contributed by atoms with Gasteiger partial charge in [-0.25, -0.2) is 0 Å². The first-order chi connectivity index (χ1) is 16.4. The van der Waals surface area contributed by atoms with Crippen LogP contribution in [-0.4, -0.2) is 41.5 Å². The number of allylic oxidation sites excluding steroid dienone is 5. The van der Waals surface area contributed by atoms with Crippen LogP contribution in [0.2, 0.25) is 0 Å². The second-order valence-corrected chi connectivity index (χ2v) is 10.4. The van der Waals surface area contributed by atoms with Crippen molar-refractivity contribution in [2.24, 2.45) is 0 Å². The van der Waals surface area contributed by atoms with Crippen molar-refractivity contribution in [2.45, 2.75) is 77.7 Å². The third-order valence-corrected chi connectivity index (χ3v) is 7.36. The standard InChI is InChI=1S/C30H41N3O/c1-6-9-24(18-20(2)3)29-28(21(4)5)25-19-23(11-12-26(25)32-29)22-13-16-33(17-14-22)30(34)27-10-7-8-15-31-27/h6,9,11-12,18-19,21-22,27,31-32H,2,7-8,10,13-17H2,1,3-5H3/b9-6?,24-18+/t27-/m0/s1. The molecule has 0 aliphatic carbocycles. The molecule has 182 valence electrons. The van der Waals surface area contributed by atoms with Crippen LogP contribution in [0.15, 0.2) is 48.6 Å². The van der Waals surface area contributed by atoms with E-state index in [1.165, 1.54) is 39.7 Å². The Hall–Kier alpha value is -2.59. The monoisotopic (exact) mass is 459 g/mol. The van der Waals surface area contributed by atoms with Gasteiger partial charge in [0.2, 0.25) is 5.91 Å². The number of amides is 1. The number of fused-ring (bicyclic) bond motifs is 1. The number of carbonyl (C=O) groups is 1. The molecule has 4 nitrogen and oxygen atoms in total. The molecule has 0 unspecified atom stereocenters. The van der Waals surface area contributed by atoms with Crippen molar-refractivity contribution in [1.82, 2.24) is 15.2 Å². The van der Waals surface area contributed by atoms with Gasteiger partial charge in [0.05, 0.1) is 6.04 Å².